The van der Waals surface area contributed by atoms with Gasteiger partial charge >= 0.3 is 5.97 Å². The summed E-state index contributed by atoms with van der Waals surface area (Å²) < 4.78 is 0. The van der Waals surface area contributed by atoms with E-state index in [1.54, 1.807) is 4.90 Å². The topological polar surface area (TPSA) is 83.6 Å². The second-order valence-electron chi connectivity index (χ2n) is 4.47. The molecule has 84 valence electrons. The number of carbonyl (C=O) groups is 2. The minimum Gasteiger partial charge on any atom is -0.481 e. The molecule has 0 bridgehead atoms. The highest BCUT2D eigenvalue weighted by molar-refractivity contribution is 5.89. The second kappa shape index (κ2) is 3.81. The van der Waals surface area contributed by atoms with Gasteiger partial charge in [-0.05, 0) is 19.3 Å². The van der Waals surface area contributed by atoms with Crippen LogP contribution < -0.4 is 5.73 Å². The molecule has 1 aliphatic carbocycles. The molecule has 3 atom stereocenters. The number of nitrogens with zero attached hydrogens (tertiary/aromatic N) is 1. The SMILES string of the molecule is NC1CCCN(C(=O)C2CC2C(=O)O)C1. The summed E-state index contributed by atoms with van der Waals surface area (Å²) in [6.45, 7) is 1.32. The van der Waals surface area contributed by atoms with Crippen LogP contribution >= 0.6 is 0 Å². The van der Waals surface area contributed by atoms with E-state index >= 15 is 0 Å². The molecule has 1 aliphatic heterocycles. The van der Waals surface area contributed by atoms with Gasteiger partial charge in [-0.1, -0.05) is 0 Å². The minimum atomic E-state index is -0.852. The Balaban J connectivity index is 1.89. The quantitative estimate of drug-likeness (QED) is 0.655. The van der Waals surface area contributed by atoms with Crippen LogP contribution in [0, 0.1) is 11.8 Å². The van der Waals surface area contributed by atoms with E-state index in [2.05, 4.69) is 0 Å². The fourth-order valence-electron chi connectivity index (χ4n) is 2.19. The normalized spacial score (nSPS) is 35.0. The van der Waals surface area contributed by atoms with E-state index in [-0.39, 0.29) is 17.9 Å². The molecular formula is C10H16N2O3. The van der Waals surface area contributed by atoms with Gasteiger partial charge in [0.25, 0.3) is 0 Å². The Labute approximate surface area is 88.2 Å². The lowest BCUT2D eigenvalue weighted by atomic mass is 10.1. The van der Waals surface area contributed by atoms with E-state index in [9.17, 15) is 9.59 Å². The van der Waals surface area contributed by atoms with Crippen molar-refractivity contribution in [2.45, 2.75) is 25.3 Å². The minimum absolute atomic E-state index is 0.0162. The van der Waals surface area contributed by atoms with E-state index in [4.69, 9.17) is 10.8 Å². The van der Waals surface area contributed by atoms with Crippen molar-refractivity contribution in [1.82, 2.24) is 4.90 Å². The van der Waals surface area contributed by atoms with E-state index in [0.717, 1.165) is 19.4 Å². The van der Waals surface area contributed by atoms with Crippen LogP contribution in [0.5, 0.6) is 0 Å². The lowest BCUT2D eigenvalue weighted by molar-refractivity contribution is -0.142. The zero-order valence-corrected chi connectivity index (χ0v) is 8.56. The smallest absolute Gasteiger partial charge is 0.307 e. The monoisotopic (exact) mass is 212 g/mol. The standard InChI is InChI=1S/C10H16N2O3/c11-6-2-1-3-12(5-6)9(13)7-4-8(7)10(14)15/h6-8H,1-5,11H2,(H,14,15). The summed E-state index contributed by atoms with van der Waals surface area (Å²) in [6.07, 6.45) is 2.38. The van der Waals surface area contributed by atoms with Crippen molar-refractivity contribution < 1.29 is 14.7 Å². The number of rotatable bonds is 2. The Kier molecular flexibility index (Phi) is 2.65. The molecular weight excluding hydrogens is 196 g/mol. The summed E-state index contributed by atoms with van der Waals surface area (Å²) in [5, 5.41) is 8.73. The van der Waals surface area contributed by atoms with Crippen LogP contribution in [0.15, 0.2) is 0 Å². The Morgan fingerprint density at radius 2 is 2.07 bits per heavy atom. The van der Waals surface area contributed by atoms with Gasteiger partial charge in [-0.25, -0.2) is 0 Å². The van der Waals surface area contributed by atoms with E-state index in [1.807, 2.05) is 0 Å². The van der Waals surface area contributed by atoms with Gasteiger partial charge in [0.15, 0.2) is 0 Å². The summed E-state index contributed by atoms with van der Waals surface area (Å²) in [6, 6.07) is 0.0599. The largest absolute Gasteiger partial charge is 0.481 e. The summed E-state index contributed by atoms with van der Waals surface area (Å²) in [4.78, 5) is 24.2. The van der Waals surface area contributed by atoms with Crippen LogP contribution in [0.4, 0.5) is 0 Å². The predicted octanol–water partition coefficient (Wildman–Crippen LogP) is -0.343. The highest BCUT2D eigenvalue weighted by Crippen LogP contribution is 2.40. The second-order valence-corrected chi connectivity index (χ2v) is 4.47. The van der Waals surface area contributed by atoms with Crippen molar-refractivity contribution in [3.8, 4) is 0 Å². The molecule has 1 saturated carbocycles. The third-order valence-electron chi connectivity index (χ3n) is 3.19. The van der Waals surface area contributed by atoms with Crippen LogP contribution in [0.25, 0.3) is 0 Å². The van der Waals surface area contributed by atoms with Gasteiger partial charge in [-0.2, -0.15) is 0 Å². The predicted molar refractivity (Wildman–Crippen MR) is 53.0 cm³/mol. The first kappa shape index (κ1) is 10.4. The Morgan fingerprint density at radius 1 is 1.33 bits per heavy atom. The average Bonchev–Trinajstić information content (AvgIpc) is 2.96. The lowest BCUT2D eigenvalue weighted by Gasteiger charge is -2.30. The molecule has 2 aliphatic rings. The summed E-state index contributed by atoms with van der Waals surface area (Å²) >= 11 is 0. The Hall–Kier alpha value is -1.10. The molecule has 15 heavy (non-hydrogen) atoms. The molecule has 2 rings (SSSR count). The van der Waals surface area contributed by atoms with Crippen LogP contribution in [0.1, 0.15) is 19.3 Å². The number of carbonyl (C=O) groups excluding carboxylic acids is 1. The van der Waals surface area contributed by atoms with Crippen LogP contribution in [-0.4, -0.2) is 41.0 Å². The van der Waals surface area contributed by atoms with Gasteiger partial charge in [0, 0.05) is 19.1 Å². The third kappa shape index (κ3) is 2.12. The van der Waals surface area contributed by atoms with Crippen molar-refractivity contribution in [1.29, 1.82) is 0 Å². The first-order chi connectivity index (χ1) is 7.09. The lowest BCUT2D eigenvalue weighted by Crippen LogP contribution is -2.46. The highest BCUT2D eigenvalue weighted by atomic mass is 16.4. The highest BCUT2D eigenvalue weighted by Gasteiger charge is 2.50. The van der Waals surface area contributed by atoms with E-state index in [0.29, 0.717) is 13.0 Å². The molecule has 5 nitrogen and oxygen atoms in total. The number of carboxylic acids is 1. The maximum absolute atomic E-state index is 11.8. The molecule has 3 N–H and O–H groups in total. The molecule has 1 amide bonds. The summed E-state index contributed by atoms with van der Waals surface area (Å²) in [5.74, 6) is -1.60. The molecule has 1 heterocycles. The van der Waals surface area contributed by atoms with Crippen molar-refractivity contribution >= 4 is 11.9 Å². The number of aliphatic carboxylic acids is 1. The van der Waals surface area contributed by atoms with Gasteiger partial charge in [-0.15, -0.1) is 0 Å². The fraction of sp³-hybridized carbons (Fsp3) is 0.800. The number of nitrogens with two attached hydrogens (primary N) is 1. The third-order valence-corrected chi connectivity index (χ3v) is 3.19. The Morgan fingerprint density at radius 3 is 2.60 bits per heavy atom. The Bertz CT molecular complexity index is 292. The van der Waals surface area contributed by atoms with Gasteiger partial charge in [-0.3, -0.25) is 9.59 Å². The first-order valence-electron chi connectivity index (χ1n) is 5.36. The zero-order valence-electron chi connectivity index (χ0n) is 8.56. The number of carboxylic acid groups (broad SMARTS) is 1. The first-order valence-corrected chi connectivity index (χ1v) is 5.36. The molecule has 0 aromatic carbocycles. The van der Waals surface area contributed by atoms with Crippen LogP contribution in [0.2, 0.25) is 0 Å². The molecule has 0 aromatic heterocycles. The molecule has 0 aromatic rings. The van der Waals surface area contributed by atoms with Gasteiger partial charge in [0.2, 0.25) is 5.91 Å². The molecule has 1 saturated heterocycles. The molecule has 5 heteroatoms. The molecule has 0 spiro atoms. The molecule has 2 fully saturated rings. The van der Waals surface area contributed by atoms with Gasteiger partial charge < -0.3 is 15.7 Å². The van der Waals surface area contributed by atoms with E-state index in [1.165, 1.54) is 0 Å². The van der Waals surface area contributed by atoms with Crippen LogP contribution in [0.3, 0.4) is 0 Å². The summed E-state index contributed by atoms with van der Waals surface area (Å²) in [7, 11) is 0. The van der Waals surface area contributed by atoms with E-state index < -0.39 is 11.9 Å². The maximum atomic E-state index is 11.8. The number of likely N-dealkylation sites (tertiary alicyclic amines) is 1. The zero-order chi connectivity index (χ0) is 11.0. The van der Waals surface area contributed by atoms with Crippen molar-refractivity contribution in [3.05, 3.63) is 0 Å². The number of amides is 1. The number of hydrogen-bond donors (Lipinski definition) is 2. The average molecular weight is 212 g/mol. The van der Waals surface area contributed by atoms with Crippen molar-refractivity contribution in [2.75, 3.05) is 13.1 Å². The fourth-order valence-corrected chi connectivity index (χ4v) is 2.19. The molecule has 3 unspecified atom stereocenters. The van der Waals surface area contributed by atoms with Gasteiger partial charge in [0.1, 0.15) is 0 Å². The van der Waals surface area contributed by atoms with Crippen molar-refractivity contribution in [3.63, 3.8) is 0 Å². The molecule has 0 radical (unpaired) electrons. The number of piperidine rings is 1. The summed E-state index contributed by atoms with van der Waals surface area (Å²) in [5.41, 5.74) is 5.77. The van der Waals surface area contributed by atoms with Crippen molar-refractivity contribution in [2.24, 2.45) is 17.6 Å². The number of hydrogen-bond acceptors (Lipinski definition) is 3. The van der Waals surface area contributed by atoms with Crippen LogP contribution in [-0.2, 0) is 9.59 Å². The maximum Gasteiger partial charge on any atom is 0.307 e. The van der Waals surface area contributed by atoms with Gasteiger partial charge in [0.05, 0.1) is 11.8 Å².